The predicted molar refractivity (Wildman–Crippen MR) is 85.7 cm³/mol. The number of hydrogen-bond acceptors (Lipinski definition) is 7. The largest absolute Gasteiger partial charge is 1.00 e. The fraction of sp³-hybridized carbons (Fsp3) is 0.643. The maximum Gasteiger partial charge on any atom is 1.00 e. The zero-order valence-electron chi connectivity index (χ0n) is 15.1. The second kappa shape index (κ2) is 10.2. The zero-order valence-corrected chi connectivity index (χ0v) is 26.0. The number of aryl methyl sites for hydroxylation is 1. The monoisotopic (exact) mass is 505 g/mol. The minimum atomic E-state index is -1.32. The van der Waals surface area contributed by atoms with Gasteiger partial charge in [0.25, 0.3) is 0 Å². The molecule has 2 heterocycles. The molecule has 0 spiro atoms. The molecule has 0 unspecified atom stereocenters. The molecule has 5 N–H and O–H groups in total. The van der Waals surface area contributed by atoms with Gasteiger partial charge in [-0.3, -0.25) is 9.76 Å². The van der Waals surface area contributed by atoms with Crippen LogP contribution in [0.5, 0.6) is 0 Å². The summed E-state index contributed by atoms with van der Waals surface area (Å²) in [7, 11) is -0.281. The number of aliphatic hydroxyl groups excluding tert-OH is 1. The van der Waals surface area contributed by atoms with Crippen LogP contribution in [0.2, 0.25) is 5.54 Å². The van der Waals surface area contributed by atoms with Crippen LogP contribution in [0.25, 0.3) is 11.2 Å². The molecule has 125 valence electrons. The quantitative estimate of drug-likeness (QED) is 0.304. The minimum absolute atomic E-state index is 0. The summed E-state index contributed by atoms with van der Waals surface area (Å²) in [6.45, 7) is 3.38. The topological polar surface area (TPSA) is 130 Å². The van der Waals surface area contributed by atoms with Gasteiger partial charge in [0.1, 0.15) is 11.1 Å². The van der Waals surface area contributed by atoms with Crippen molar-refractivity contribution in [2.24, 2.45) is 5.92 Å². The number of rotatable bonds is 4. The van der Waals surface area contributed by atoms with Crippen molar-refractivity contribution in [3.05, 3.63) is 12.0 Å². The van der Waals surface area contributed by atoms with Crippen LogP contribution in [0.3, 0.4) is 0 Å². The first-order chi connectivity index (χ1) is 11.0. The molecule has 0 aliphatic heterocycles. The van der Waals surface area contributed by atoms with E-state index in [0.29, 0.717) is 29.7 Å². The van der Waals surface area contributed by atoms with Gasteiger partial charge in [0.15, 0.2) is 5.65 Å². The van der Waals surface area contributed by atoms with Crippen molar-refractivity contribution in [3.8, 4) is 0 Å². The number of nitrogens with two attached hydrogens (primary N) is 1. The van der Waals surface area contributed by atoms with Gasteiger partial charge < -0.3 is 25.3 Å². The van der Waals surface area contributed by atoms with E-state index in [-0.39, 0.29) is 150 Å². The average Bonchev–Trinajstić information content (AvgIpc) is 3.06. The Labute approximate surface area is 246 Å². The number of nitrogens with zero attached hydrogens (tertiary/aromatic N) is 4. The van der Waals surface area contributed by atoms with Gasteiger partial charge in [-0.25, -0.2) is 9.97 Å². The zero-order chi connectivity index (χ0) is 16.8. The van der Waals surface area contributed by atoms with Crippen molar-refractivity contribution in [1.82, 2.24) is 19.5 Å². The van der Waals surface area contributed by atoms with E-state index in [1.807, 2.05) is 6.92 Å². The van der Waals surface area contributed by atoms with E-state index in [1.165, 1.54) is 0 Å². The van der Waals surface area contributed by atoms with Crippen LogP contribution in [-0.4, -0.2) is 56.5 Å². The summed E-state index contributed by atoms with van der Waals surface area (Å²) >= 11 is 0. The van der Waals surface area contributed by atoms with E-state index in [0.717, 1.165) is 0 Å². The van der Waals surface area contributed by atoms with Crippen LogP contribution in [0.4, 0.5) is 5.95 Å². The first-order valence-corrected chi connectivity index (χ1v) is 8.68. The van der Waals surface area contributed by atoms with Gasteiger partial charge >= 0.3 is 116 Å². The normalized spacial score (nSPS) is 28.6. The molecule has 1 aliphatic carbocycles. The Hall–Kier alpha value is 2.06. The third-order valence-electron chi connectivity index (χ3n) is 4.99. The smallest absolute Gasteiger partial charge is 0.634 e. The van der Waals surface area contributed by atoms with Gasteiger partial charge in [-0.1, -0.05) is 19.8 Å². The molecular formula is C14H21N5O3Rb2Si+. The van der Waals surface area contributed by atoms with Crippen LogP contribution < -0.4 is 122 Å². The SMILES string of the molecule is CC[C@@H]1[C@@H]([Si-]O)C[C@H](n2cnc3c(C)nc(N)nc32)[C@]1(O)CO.[Rb+].[Rb+]. The van der Waals surface area contributed by atoms with Crippen LogP contribution in [0, 0.1) is 12.8 Å². The number of fused-ring (bicyclic) bond motifs is 1. The van der Waals surface area contributed by atoms with E-state index in [9.17, 15) is 15.0 Å². The van der Waals surface area contributed by atoms with Gasteiger partial charge in [-0.15, -0.1) is 0 Å². The molecule has 1 radical (unpaired) electrons. The fourth-order valence-corrected chi connectivity index (χ4v) is 4.90. The third kappa shape index (κ3) is 4.47. The Morgan fingerprint density at radius 3 is 2.64 bits per heavy atom. The first-order valence-electron chi connectivity index (χ1n) is 7.65. The van der Waals surface area contributed by atoms with Crippen LogP contribution >= 0.6 is 0 Å². The molecule has 11 heteroatoms. The molecule has 0 bridgehead atoms. The summed E-state index contributed by atoms with van der Waals surface area (Å²) in [4.78, 5) is 22.4. The second-order valence-electron chi connectivity index (χ2n) is 6.14. The molecule has 0 saturated heterocycles. The molecule has 8 nitrogen and oxygen atoms in total. The van der Waals surface area contributed by atoms with E-state index < -0.39 is 11.6 Å². The predicted octanol–water partition coefficient (Wildman–Crippen LogP) is -6.18. The van der Waals surface area contributed by atoms with E-state index in [2.05, 4.69) is 15.0 Å². The van der Waals surface area contributed by atoms with Crippen LogP contribution in [-0.2, 0) is 0 Å². The molecule has 4 atom stereocenters. The maximum atomic E-state index is 11.1. The number of nitrogen functional groups attached to an aromatic ring is 1. The number of aliphatic hydroxyl groups is 2. The van der Waals surface area contributed by atoms with Crippen molar-refractivity contribution >= 4 is 26.9 Å². The number of imidazole rings is 1. The summed E-state index contributed by atoms with van der Waals surface area (Å²) in [6, 6.07) is -0.416. The number of anilines is 1. The molecule has 2 aromatic rings. The van der Waals surface area contributed by atoms with Crippen LogP contribution in [0.1, 0.15) is 31.5 Å². The van der Waals surface area contributed by atoms with Crippen molar-refractivity contribution < 1.29 is 131 Å². The van der Waals surface area contributed by atoms with Gasteiger partial charge in [0, 0.05) is 0 Å². The van der Waals surface area contributed by atoms with Crippen LogP contribution in [0.15, 0.2) is 6.33 Å². The van der Waals surface area contributed by atoms with Crippen molar-refractivity contribution in [3.63, 3.8) is 0 Å². The molecule has 1 aliphatic rings. The average molecular weight is 506 g/mol. The molecule has 0 aromatic carbocycles. The Balaban J connectivity index is 0.00000156. The van der Waals surface area contributed by atoms with Gasteiger partial charge in [-0.2, -0.15) is 10.5 Å². The summed E-state index contributed by atoms with van der Waals surface area (Å²) in [6.07, 6.45) is 2.83. The molecule has 3 rings (SSSR count). The molecule has 1 fully saturated rings. The minimum Gasteiger partial charge on any atom is -0.634 e. The summed E-state index contributed by atoms with van der Waals surface area (Å²) in [5, 5.41) is 21.0. The first kappa shape index (κ1) is 25.1. The van der Waals surface area contributed by atoms with E-state index >= 15 is 0 Å². The van der Waals surface area contributed by atoms with Crippen molar-refractivity contribution in [2.75, 3.05) is 12.3 Å². The molecule has 1 saturated carbocycles. The Morgan fingerprint density at radius 1 is 1.40 bits per heavy atom. The Kier molecular flexibility index (Phi) is 10.2. The van der Waals surface area contributed by atoms with E-state index in [4.69, 9.17) is 5.73 Å². The van der Waals surface area contributed by atoms with Gasteiger partial charge in [-0.05, 0) is 12.8 Å². The molecule has 0 amide bonds. The molecule has 2 aromatic heterocycles. The van der Waals surface area contributed by atoms with Crippen molar-refractivity contribution in [1.29, 1.82) is 0 Å². The van der Waals surface area contributed by atoms with Gasteiger partial charge in [0.05, 0.1) is 24.7 Å². The Morgan fingerprint density at radius 2 is 2.08 bits per heavy atom. The third-order valence-corrected chi connectivity index (χ3v) is 5.96. The molecular weight excluding hydrogens is 485 g/mol. The Bertz CT molecular complexity index is 734. The number of aromatic nitrogens is 4. The number of hydrogen-bond donors (Lipinski definition) is 4. The summed E-state index contributed by atoms with van der Waals surface area (Å²) in [5.41, 5.74) is 6.21. The fourth-order valence-electron chi connectivity index (χ4n) is 3.87. The van der Waals surface area contributed by atoms with E-state index in [1.54, 1.807) is 17.8 Å². The standard InChI is InChI=1S/C14H21N5O3Si.2Rb/c1-3-8-9(23-22)4-10(14(8,21)5-20)19-6-16-11-7(2)17-13(15)18-12(11)19;;/h6,8-10,20-22H,3-5H2,1-2H3,(H2,15,17,18);;/q-1;2*+1/t8-,9+,10+,14+;;/m1../s1. The molecule has 25 heavy (non-hydrogen) atoms. The van der Waals surface area contributed by atoms with Crippen molar-refractivity contribution in [2.45, 2.75) is 43.9 Å². The summed E-state index contributed by atoms with van der Waals surface area (Å²) < 4.78 is 1.76. The summed E-state index contributed by atoms with van der Waals surface area (Å²) in [5.74, 6) is -0.0338. The maximum absolute atomic E-state index is 11.1. The second-order valence-corrected chi connectivity index (χ2v) is 7.14. The van der Waals surface area contributed by atoms with Gasteiger partial charge in [0.2, 0.25) is 5.95 Å².